The highest BCUT2D eigenvalue weighted by molar-refractivity contribution is 7.09. The Morgan fingerprint density at radius 1 is 1.24 bits per heavy atom. The van der Waals surface area contributed by atoms with Gasteiger partial charge >= 0.3 is 5.97 Å². The van der Waals surface area contributed by atoms with Crippen LogP contribution >= 0.6 is 11.3 Å². The average Bonchev–Trinajstić information content (AvgIpc) is 3.24. The highest BCUT2D eigenvalue weighted by atomic mass is 32.1. The maximum atomic E-state index is 11.4. The van der Waals surface area contributed by atoms with E-state index in [0.717, 1.165) is 13.1 Å². The van der Waals surface area contributed by atoms with E-state index in [0.29, 0.717) is 11.6 Å². The number of nitrogens with zero attached hydrogens (tertiary/aromatic N) is 1. The van der Waals surface area contributed by atoms with Crippen molar-refractivity contribution in [2.45, 2.75) is 32.0 Å². The van der Waals surface area contributed by atoms with Crippen molar-refractivity contribution in [2.24, 2.45) is 0 Å². The zero-order valence-electron chi connectivity index (χ0n) is 12.1. The normalized spacial score (nSPS) is 14.4. The Kier molecular flexibility index (Phi) is 4.36. The molecule has 0 radical (unpaired) electrons. The molecule has 0 atom stereocenters. The number of carbonyl (C=O) groups excluding carboxylic acids is 1. The molecule has 4 heteroatoms. The van der Waals surface area contributed by atoms with Gasteiger partial charge in [-0.3, -0.25) is 4.90 Å². The van der Waals surface area contributed by atoms with Crippen LogP contribution < -0.4 is 0 Å². The lowest BCUT2D eigenvalue weighted by Gasteiger charge is -2.21. The minimum absolute atomic E-state index is 0.279. The van der Waals surface area contributed by atoms with Gasteiger partial charge in [-0.05, 0) is 42.0 Å². The topological polar surface area (TPSA) is 29.5 Å². The second kappa shape index (κ2) is 6.41. The highest BCUT2D eigenvalue weighted by Crippen LogP contribution is 2.30. The van der Waals surface area contributed by atoms with E-state index in [1.54, 1.807) is 0 Å². The lowest BCUT2D eigenvalue weighted by molar-refractivity contribution is 0.0600. The van der Waals surface area contributed by atoms with Crippen LogP contribution in [-0.2, 0) is 17.8 Å². The molecule has 110 valence electrons. The summed E-state index contributed by atoms with van der Waals surface area (Å²) in [5.41, 5.74) is 1.85. The Hall–Kier alpha value is -1.65. The lowest BCUT2D eigenvalue weighted by atomic mass is 10.1. The zero-order chi connectivity index (χ0) is 14.7. The fourth-order valence-corrected chi connectivity index (χ4v) is 3.18. The van der Waals surface area contributed by atoms with Crippen LogP contribution in [0.5, 0.6) is 0 Å². The minimum atomic E-state index is -0.279. The molecule has 0 saturated heterocycles. The molecule has 0 spiro atoms. The predicted molar refractivity (Wildman–Crippen MR) is 84.4 cm³/mol. The van der Waals surface area contributed by atoms with Crippen molar-refractivity contribution in [3.05, 3.63) is 57.8 Å². The van der Waals surface area contributed by atoms with Gasteiger partial charge in [-0.15, -0.1) is 11.3 Å². The third-order valence-electron chi connectivity index (χ3n) is 3.76. The second-order valence-corrected chi connectivity index (χ2v) is 6.44. The third-order valence-corrected chi connectivity index (χ3v) is 4.62. The van der Waals surface area contributed by atoms with Crippen LogP contribution in [0, 0.1) is 0 Å². The Labute approximate surface area is 129 Å². The maximum absolute atomic E-state index is 11.4. The first-order chi connectivity index (χ1) is 10.3. The van der Waals surface area contributed by atoms with E-state index < -0.39 is 0 Å². The SMILES string of the molecule is COC(=O)c1ccc(CN(Cc2cccs2)C2CC2)cc1. The molecule has 1 aromatic heterocycles. The van der Waals surface area contributed by atoms with Crippen molar-refractivity contribution < 1.29 is 9.53 Å². The van der Waals surface area contributed by atoms with Gasteiger partial charge < -0.3 is 4.74 Å². The molecule has 1 aliphatic rings. The first-order valence-corrected chi connectivity index (χ1v) is 8.08. The van der Waals surface area contributed by atoms with E-state index in [-0.39, 0.29) is 5.97 Å². The van der Waals surface area contributed by atoms with Crippen molar-refractivity contribution in [3.63, 3.8) is 0 Å². The summed E-state index contributed by atoms with van der Waals surface area (Å²) in [5, 5.41) is 2.13. The molecule has 21 heavy (non-hydrogen) atoms. The number of rotatable bonds is 6. The van der Waals surface area contributed by atoms with Crippen LogP contribution in [0.1, 0.15) is 33.6 Å². The molecular weight excluding hydrogens is 282 g/mol. The number of benzene rings is 1. The summed E-state index contributed by atoms with van der Waals surface area (Å²) in [6.45, 7) is 1.95. The minimum Gasteiger partial charge on any atom is -0.465 e. The maximum Gasteiger partial charge on any atom is 0.337 e. The highest BCUT2D eigenvalue weighted by Gasteiger charge is 2.29. The molecule has 0 unspecified atom stereocenters. The molecule has 1 aromatic carbocycles. The molecule has 0 aliphatic heterocycles. The van der Waals surface area contributed by atoms with Crippen LogP contribution in [0.3, 0.4) is 0 Å². The Morgan fingerprint density at radius 2 is 2.00 bits per heavy atom. The smallest absolute Gasteiger partial charge is 0.337 e. The van der Waals surface area contributed by atoms with Gasteiger partial charge in [0.05, 0.1) is 12.7 Å². The lowest BCUT2D eigenvalue weighted by Crippen LogP contribution is -2.24. The quantitative estimate of drug-likeness (QED) is 0.762. The Balaban J connectivity index is 1.66. The summed E-state index contributed by atoms with van der Waals surface area (Å²) in [4.78, 5) is 15.4. The molecule has 2 aromatic rings. The number of thiophene rings is 1. The van der Waals surface area contributed by atoms with E-state index >= 15 is 0 Å². The Morgan fingerprint density at radius 3 is 2.57 bits per heavy atom. The molecule has 0 amide bonds. The zero-order valence-corrected chi connectivity index (χ0v) is 12.9. The molecule has 3 nitrogen and oxygen atoms in total. The largest absolute Gasteiger partial charge is 0.465 e. The van der Waals surface area contributed by atoms with Crippen LogP contribution in [-0.4, -0.2) is 24.0 Å². The van der Waals surface area contributed by atoms with E-state index in [9.17, 15) is 4.79 Å². The van der Waals surface area contributed by atoms with Crippen LogP contribution in [0.25, 0.3) is 0 Å². The summed E-state index contributed by atoms with van der Waals surface area (Å²) < 4.78 is 4.73. The molecule has 1 heterocycles. The van der Waals surface area contributed by atoms with Crippen molar-refractivity contribution >= 4 is 17.3 Å². The molecule has 1 saturated carbocycles. The monoisotopic (exact) mass is 301 g/mol. The van der Waals surface area contributed by atoms with E-state index in [4.69, 9.17) is 4.74 Å². The number of ether oxygens (including phenoxy) is 1. The molecule has 3 rings (SSSR count). The molecule has 0 bridgehead atoms. The van der Waals surface area contributed by atoms with Crippen molar-refractivity contribution in [1.82, 2.24) is 4.90 Å². The molecule has 0 N–H and O–H groups in total. The molecule has 1 aliphatic carbocycles. The number of methoxy groups -OCH3 is 1. The van der Waals surface area contributed by atoms with Gasteiger partial charge in [0.25, 0.3) is 0 Å². The van der Waals surface area contributed by atoms with Crippen LogP contribution in [0.4, 0.5) is 0 Å². The van der Waals surface area contributed by atoms with E-state index in [1.807, 2.05) is 35.6 Å². The van der Waals surface area contributed by atoms with Crippen LogP contribution in [0.2, 0.25) is 0 Å². The third kappa shape index (κ3) is 3.71. The second-order valence-electron chi connectivity index (χ2n) is 5.40. The molecular formula is C17H19NO2S. The van der Waals surface area contributed by atoms with Crippen molar-refractivity contribution in [1.29, 1.82) is 0 Å². The summed E-state index contributed by atoms with van der Waals surface area (Å²) in [6, 6.07) is 12.8. The number of esters is 1. The summed E-state index contributed by atoms with van der Waals surface area (Å²) in [5.74, 6) is -0.279. The summed E-state index contributed by atoms with van der Waals surface area (Å²) in [6.07, 6.45) is 2.59. The van der Waals surface area contributed by atoms with Gasteiger partial charge in [-0.2, -0.15) is 0 Å². The first kappa shape index (κ1) is 14.3. The summed E-state index contributed by atoms with van der Waals surface area (Å²) >= 11 is 1.81. The average molecular weight is 301 g/mol. The standard InChI is InChI=1S/C17H19NO2S/c1-20-17(19)14-6-4-13(5-7-14)11-18(15-8-9-15)12-16-3-2-10-21-16/h2-7,10,15H,8-9,11-12H2,1H3. The first-order valence-electron chi connectivity index (χ1n) is 7.20. The van der Waals surface area contributed by atoms with Gasteiger partial charge in [0.15, 0.2) is 0 Å². The van der Waals surface area contributed by atoms with Crippen molar-refractivity contribution in [2.75, 3.05) is 7.11 Å². The number of hydrogen-bond acceptors (Lipinski definition) is 4. The summed E-state index contributed by atoms with van der Waals surface area (Å²) in [7, 11) is 1.41. The van der Waals surface area contributed by atoms with Crippen LogP contribution in [0.15, 0.2) is 41.8 Å². The fraction of sp³-hybridized carbons (Fsp3) is 0.353. The fourth-order valence-electron chi connectivity index (χ4n) is 2.46. The van der Waals surface area contributed by atoms with Gasteiger partial charge in [0.2, 0.25) is 0 Å². The van der Waals surface area contributed by atoms with Gasteiger partial charge in [-0.1, -0.05) is 18.2 Å². The van der Waals surface area contributed by atoms with Gasteiger partial charge in [-0.25, -0.2) is 4.79 Å². The van der Waals surface area contributed by atoms with E-state index in [2.05, 4.69) is 22.4 Å². The molecule has 1 fully saturated rings. The predicted octanol–water partition coefficient (Wildman–Crippen LogP) is 3.70. The Bertz CT molecular complexity index is 588. The van der Waals surface area contributed by atoms with Crippen molar-refractivity contribution in [3.8, 4) is 0 Å². The van der Waals surface area contributed by atoms with Gasteiger partial charge in [0, 0.05) is 24.0 Å². The van der Waals surface area contributed by atoms with Gasteiger partial charge in [0.1, 0.15) is 0 Å². The number of hydrogen-bond donors (Lipinski definition) is 0. The number of carbonyl (C=O) groups is 1. The van der Waals surface area contributed by atoms with E-state index in [1.165, 1.54) is 30.4 Å².